The summed E-state index contributed by atoms with van der Waals surface area (Å²) in [5.41, 5.74) is 2.55. The third kappa shape index (κ3) is 3.65. The molecule has 0 spiro atoms. The molecule has 0 aliphatic rings. The quantitative estimate of drug-likeness (QED) is 0.704. The summed E-state index contributed by atoms with van der Waals surface area (Å²) >= 11 is 1.50. The fraction of sp³-hybridized carbons (Fsp3) is 0.263. The van der Waals surface area contributed by atoms with Crippen molar-refractivity contribution in [2.75, 3.05) is 20.8 Å². The van der Waals surface area contributed by atoms with Gasteiger partial charge >= 0.3 is 0 Å². The van der Waals surface area contributed by atoms with Crippen molar-refractivity contribution < 1.29 is 14.3 Å². The van der Waals surface area contributed by atoms with E-state index in [0.717, 1.165) is 15.8 Å². The van der Waals surface area contributed by atoms with Gasteiger partial charge in [0, 0.05) is 19.2 Å². The van der Waals surface area contributed by atoms with Gasteiger partial charge in [-0.05, 0) is 36.8 Å². The van der Waals surface area contributed by atoms with E-state index in [-0.39, 0.29) is 5.91 Å². The van der Waals surface area contributed by atoms with Gasteiger partial charge in [-0.15, -0.1) is 0 Å². The summed E-state index contributed by atoms with van der Waals surface area (Å²) in [5.74, 6) is 0.403. The van der Waals surface area contributed by atoms with Gasteiger partial charge in [-0.25, -0.2) is 0 Å². The zero-order valence-electron chi connectivity index (χ0n) is 14.5. The summed E-state index contributed by atoms with van der Waals surface area (Å²) in [4.78, 5) is 17.7. The first-order valence-electron chi connectivity index (χ1n) is 7.95. The molecular formula is C19H20N2O3S. The molecule has 1 aromatic heterocycles. The summed E-state index contributed by atoms with van der Waals surface area (Å²) in [6.07, 6.45) is 0. The summed E-state index contributed by atoms with van der Waals surface area (Å²) in [6, 6.07) is 13.4. The number of nitrogens with zero attached hydrogens (tertiary/aromatic N) is 2. The number of hydrogen-bond acceptors (Lipinski definition) is 4. The Kier molecular flexibility index (Phi) is 5.31. The second kappa shape index (κ2) is 7.63. The van der Waals surface area contributed by atoms with Crippen LogP contribution in [0, 0.1) is 6.92 Å². The van der Waals surface area contributed by atoms with Crippen LogP contribution in [0.1, 0.15) is 15.9 Å². The molecule has 2 aromatic carbocycles. The standard InChI is InChI=1S/C19H20N2O3S/c1-13-8-9-14(12-16(13)24-3)18(22)20-19-21(10-11-23-2)15-6-4-5-7-17(15)25-19/h4-9,12H,10-11H2,1-3H3. The van der Waals surface area contributed by atoms with Crippen molar-refractivity contribution >= 4 is 27.5 Å². The number of benzene rings is 2. The molecule has 6 heteroatoms. The van der Waals surface area contributed by atoms with Crippen molar-refractivity contribution in [3.05, 3.63) is 58.4 Å². The number of para-hydroxylation sites is 1. The van der Waals surface area contributed by atoms with E-state index >= 15 is 0 Å². The van der Waals surface area contributed by atoms with Gasteiger partial charge in [-0.1, -0.05) is 29.5 Å². The number of aromatic nitrogens is 1. The Morgan fingerprint density at radius 2 is 2.00 bits per heavy atom. The SMILES string of the molecule is COCCn1c(=NC(=O)c2ccc(C)c(OC)c2)sc2ccccc21. The average Bonchev–Trinajstić information content (AvgIpc) is 2.97. The van der Waals surface area contributed by atoms with E-state index in [0.29, 0.717) is 29.3 Å². The number of thiazole rings is 1. The molecule has 3 aromatic rings. The Morgan fingerprint density at radius 3 is 2.76 bits per heavy atom. The predicted octanol–water partition coefficient (Wildman–Crippen LogP) is 3.41. The van der Waals surface area contributed by atoms with Gasteiger partial charge in [0.05, 0.1) is 23.9 Å². The molecule has 0 fully saturated rings. The molecule has 0 aliphatic heterocycles. The van der Waals surface area contributed by atoms with E-state index in [2.05, 4.69) is 4.99 Å². The van der Waals surface area contributed by atoms with E-state index in [1.165, 1.54) is 11.3 Å². The molecule has 0 N–H and O–H groups in total. The third-order valence-electron chi connectivity index (χ3n) is 3.96. The van der Waals surface area contributed by atoms with Crippen LogP contribution in [-0.2, 0) is 11.3 Å². The first kappa shape index (κ1) is 17.4. The first-order valence-corrected chi connectivity index (χ1v) is 8.76. The highest BCUT2D eigenvalue weighted by Gasteiger charge is 2.10. The summed E-state index contributed by atoms with van der Waals surface area (Å²) in [6.45, 7) is 3.14. The zero-order chi connectivity index (χ0) is 17.8. The van der Waals surface area contributed by atoms with E-state index in [1.807, 2.05) is 41.8 Å². The summed E-state index contributed by atoms with van der Waals surface area (Å²) < 4.78 is 13.6. The highest BCUT2D eigenvalue weighted by Crippen LogP contribution is 2.20. The zero-order valence-corrected chi connectivity index (χ0v) is 15.3. The Labute approximate surface area is 150 Å². The third-order valence-corrected chi connectivity index (χ3v) is 5.02. The number of hydrogen-bond donors (Lipinski definition) is 0. The number of carbonyl (C=O) groups is 1. The van der Waals surface area contributed by atoms with E-state index in [9.17, 15) is 4.79 Å². The minimum atomic E-state index is -0.281. The molecule has 0 saturated carbocycles. The number of aryl methyl sites for hydroxylation is 1. The molecule has 0 radical (unpaired) electrons. The maximum Gasteiger partial charge on any atom is 0.279 e. The monoisotopic (exact) mass is 356 g/mol. The van der Waals surface area contributed by atoms with Gasteiger partial charge in [0.15, 0.2) is 4.80 Å². The lowest BCUT2D eigenvalue weighted by molar-refractivity contribution is 0.0997. The molecule has 130 valence electrons. The number of amides is 1. The van der Waals surface area contributed by atoms with Crippen LogP contribution in [0.15, 0.2) is 47.5 Å². The van der Waals surface area contributed by atoms with Gasteiger partial charge in [0.1, 0.15) is 5.75 Å². The fourth-order valence-corrected chi connectivity index (χ4v) is 3.66. The van der Waals surface area contributed by atoms with Crippen molar-refractivity contribution in [3.63, 3.8) is 0 Å². The molecule has 0 saturated heterocycles. The minimum Gasteiger partial charge on any atom is -0.496 e. The van der Waals surface area contributed by atoms with Crippen LogP contribution >= 0.6 is 11.3 Å². The van der Waals surface area contributed by atoms with Crippen molar-refractivity contribution in [2.24, 2.45) is 4.99 Å². The van der Waals surface area contributed by atoms with E-state index < -0.39 is 0 Å². The van der Waals surface area contributed by atoms with Crippen LogP contribution in [0.25, 0.3) is 10.2 Å². The van der Waals surface area contributed by atoms with Crippen LogP contribution in [0.3, 0.4) is 0 Å². The Bertz CT molecular complexity index is 972. The molecule has 0 aliphatic carbocycles. The Hall–Kier alpha value is -2.44. The first-order chi connectivity index (χ1) is 12.1. The highest BCUT2D eigenvalue weighted by atomic mass is 32.1. The van der Waals surface area contributed by atoms with Gasteiger partial charge in [-0.3, -0.25) is 4.79 Å². The molecule has 3 rings (SSSR count). The molecule has 1 amide bonds. The number of methoxy groups -OCH3 is 2. The maximum atomic E-state index is 12.6. The van der Waals surface area contributed by atoms with Crippen LogP contribution in [-0.4, -0.2) is 31.3 Å². The lowest BCUT2D eigenvalue weighted by atomic mass is 10.1. The molecule has 0 atom stereocenters. The van der Waals surface area contributed by atoms with Crippen LogP contribution in [0.4, 0.5) is 0 Å². The van der Waals surface area contributed by atoms with E-state index in [1.54, 1.807) is 26.4 Å². The number of rotatable bonds is 5. The minimum absolute atomic E-state index is 0.281. The highest BCUT2D eigenvalue weighted by molar-refractivity contribution is 7.16. The topological polar surface area (TPSA) is 52.8 Å². The normalized spacial score (nSPS) is 11.9. The lowest BCUT2D eigenvalue weighted by Gasteiger charge is -2.06. The van der Waals surface area contributed by atoms with Gasteiger partial charge in [-0.2, -0.15) is 4.99 Å². The number of ether oxygens (including phenoxy) is 2. The predicted molar refractivity (Wildman–Crippen MR) is 99.3 cm³/mol. The van der Waals surface area contributed by atoms with Crippen LogP contribution in [0.2, 0.25) is 0 Å². The Morgan fingerprint density at radius 1 is 1.20 bits per heavy atom. The van der Waals surface area contributed by atoms with Gasteiger partial charge in [0.2, 0.25) is 0 Å². The molecule has 0 unspecified atom stereocenters. The Balaban J connectivity index is 2.06. The average molecular weight is 356 g/mol. The van der Waals surface area contributed by atoms with E-state index in [4.69, 9.17) is 9.47 Å². The summed E-state index contributed by atoms with van der Waals surface area (Å²) in [5, 5.41) is 0. The smallest absolute Gasteiger partial charge is 0.279 e. The van der Waals surface area contributed by atoms with Crippen molar-refractivity contribution in [1.82, 2.24) is 4.57 Å². The second-order valence-corrected chi connectivity index (χ2v) is 6.61. The molecule has 0 bridgehead atoms. The van der Waals surface area contributed by atoms with Crippen LogP contribution in [0.5, 0.6) is 5.75 Å². The fourth-order valence-electron chi connectivity index (χ4n) is 2.61. The van der Waals surface area contributed by atoms with Gasteiger partial charge < -0.3 is 14.0 Å². The van der Waals surface area contributed by atoms with Crippen molar-refractivity contribution in [1.29, 1.82) is 0 Å². The molecular weight excluding hydrogens is 336 g/mol. The summed E-state index contributed by atoms with van der Waals surface area (Å²) in [7, 11) is 3.26. The lowest BCUT2D eigenvalue weighted by Crippen LogP contribution is -2.19. The molecule has 1 heterocycles. The molecule has 25 heavy (non-hydrogen) atoms. The number of carbonyl (C=O) groups excluding carboxylic acids is 1. The van der Waals surface area contributed by atoms with Crippen molar-refractivity contribution in [2.45, 2.75) is 13.5 Å². The largest absolute Gasteiger partial charge is 0.496 e. The van der Waals surface area contributed by atoms with Crippen molar-refractivity contribution in [3.8, 4) is 5.75 Å². The molecule has 5 nitrogen and oxygen atoms in total. The van der Waals surface area contributed by atoms with Gasteiger partial charge in [0.25, 0.3) is 5.91 Å². The van der Waals surface area contributed by atoms with Crippen LogP contribution < -0.4 is 9.54 Å². The number of fused-ring (bicyclic) bond motifs is 1. The maximum absolute atomic E-state index is 12.6. The second-order valence-electron chi connectivity index (χ2n) is 5.60.